The Morgan fingerprint density at radius 1 is 1.00 bits per heavy atom. The van der Waals surface area contributed by atoms with Crippen LogP contribution in [-0.2, 0) is 0 Å². The Morgan fingerprint density at radius 3 is 2.23 bits per heavy atom. The van der Waals surface area contributed by atoms with Crippen LogP contribution in [0.3, 0.4) is 0 Å². The van der Waals surface area contributed by atoms with Gasteiger partial charge in [-0.25, -0.2) is 0 Å². The van der Waals surface area contributed by atoms with Crippen LogP contribution in [0.2, 0.25) is 0 Å². The predicted molar refractivity (Wildman–Crippen MR) is 62.4 cm³/mol. The first kappa shape index (κ1) is 13.4. The molecule has 13 heavy (non-hydrogen) atoms. The Hall–Kier alpha value is 0.440. The molecule has 1 unspecified atom stereocenters. The Morgan fingerprint density at radius 2 is 1.62 bits per heavy atom. The molecule has 0 aromatic carbocycles. The molecule has 80 valence electrons. The largest absolute Gasteiger partial charge is 0.396 e. The third-order valence-electron chi connectivity index (χ3n) is 2.30. The van der Waals surface area contributed by atoms with E-state index in [9.17, 15) is 0 Å². The molecule has 1 atom stereocenters. The van der Waals surface area contributed by atoms with Gasteiger partial charge in [0, 0.05) is 11.4 Å². The Balaban J connectivity index is 3.03. The molecular weight excluding hydrogens is 228 g/mol. The zero-order valence-electron chi connectivity index (χ0n) is 8.77. The summed E-state index contributed by atoms with van der Waals surface area (Å²) >= 11 is 3.64. The molecule has 0 bridgehead atoms. The fourth-order valence-corrected chi connectivity index (χ4v) is 2.07. The lowest BCUT2D eigenvalue weighted by atomic mass is 10.1. The zero-order valence-corrected chi connectivity index (χ0v) is 10.4. The van der Waals surface area contributed by atoms with Crippen molar-refractivity contribution in [1.82, 2.24) is 0 Å². The van der Waals surface area contributed by atoms with E-state index in [1.54, 1.807) is 0 Å². The highest BCUT2D eigenvalue weighted by atomic mass is 79.9. The van der Waals surface area contributed by atoms with Crippen molar-refractivity contribution in [3.63, 3.8) is 0 Å². The third kappa shape index (κ3) is 10.4. The minimum absolute atomic E-state index is 0.331. The molecule has 0 fully saturated rings. The number of unbranched alkanes of at least 4 members (excludes halogenated alkanes) is 4. The molecule has 1 nitrogen and oxygen atoms in total. The topological polar surface area (TPSA) is 20.2 Å². The average Bonchev–Trinajstić information content (AvgIpc) is 2.14. The normalized spacial score (nSPS) is 13.2. The van der Waals surface area contributed by atoms with Crippen LogP contribution in [-0.4, -0.2) is 16.5 Å². The maximum Gasteiger partial charge on any atom is 0.0431 e. The van der Waals surface area contributed by atoms with Crippen LogP contribution in [0.15, 0.2) is 0 Å². The molecule has 0 heterocycles. The van der Waals surface area contributed by atoms with Gasteiger partial charge in [0.2, 0.25) is 0 Å². The van der Waals surface area contributed by atoms with Gasteiger partial charge in [-0.15, -0.1) is 0 Å². The molecule has 0 aliphatic rings. The third-order valence-corrected chi connectivity index (χ3v) is 3.21. The predicted octanol–water partition coefficient (Wildman–Crippen LogP) is 3.88. The molecule has 0 saturated carbocycles. The lowest BCUT2D eigenvalue weighted by Gasteiger charge is -2.07. The van der Waals surface area contributed by atoms with E-state index in [0.29, 0.717) is 11.4 Å². The van der Waals surface area contributed by atoms with E-state index in [1.807, 2.05) is 0 Å². The van der Waals surface area contributed by atoms with E-state index in [4.69, 9.17) is 5.11 Å². The lowest BCUT2D eigenvalue weighted by molar-refractivity contribution is 0.283. The van der Waals surface area contributed by atoms with E-state index >= 15 is 0 Å². The highest BCUT2D eigenvalue weighted by molar-refractivity contribution is 9.09. The van der Waals surface area contributed by atoms with Gasteiger partial charge in [0.15, 0.2) is 0 Å². The first-order chi connectivity index (χ1) is 6.31. The van der Waals surface area contributed by atoms with E-state index in [1.165, 1.54) is 38.5 Å². The van der Waals surface area contributed by atoms with Crippen LogP contribution >= 0.6 is 15.9 Å². The van der Waals surface area contributed by atoms with Crippen LogP contribution in [0.4, 0.5) is 0 Å². The number of rotatable bonds is 9. The summed E-state index contributed by atoms with van der Waals surface area (Å²) in [5.41, 5.74) is 0. The number of alkyl halides is 1. The monoisotopic (exact) mass is 250 g/mol. The molecule has 0 saturated heterocycles. The van der Waals surface area contributed by atoms with Gasteiger partial charge in [0.25, 0.3) is 0 Å². The van der Waals surface area contributed by atoms with Crippen molar-refractivity contribution < 1.29 is 5.11 Å². The summed E-state index contributed by atoms with van der Waals surface area (Å²) in [5.74, 6) is 0. The van der Waals surface area contributed by atoms with E-state index in [0.717, 1.165) is 12.8 Å². The quantitative estimate of drug-likeness (QED) is 0.487. The second-order valence-corrected chi connectivity index (χ2v) is 4.96. The van der Waals surface area contributed by atoms with Crippen molar-refractivity contribution in [2.45, 2.75) is 63.1 Å². The van der Waals surface area contributed by atoms with Crippen molar-refractivity contribution in [3.8, 4) is 0 Å². The molecule has 1 N–H and O–H groups in total. The number of aliphatic hydroxyl groups is 1. The molecular formula is C11H23BrO. The van der Waals surface area contributed by atoms with E-state index in [-0.39, 0.29) is 0 Å². The minimum atomic E-state index is 0.331. The fraction of sp³-hybridized carbons (Fsp3) is 1.00. The molecule has 0 aromatic rings. The summed E-state index contributed by atoms with van der Waals surface area (Å²) in [4.78, 5) is 0.626. The fourth-order valence-electron chi connectivity index (χ4n) is 1.43. The van der Waals surface area contributed by atoms with Crippen molar-refractivity contribution in [3.05, 3.63) is 0 Å². The summed E-state index contributed by atoms with van der Waals surface area (Å²) < 4.78 is 0. The van der Waals surface area contributed by atoms with Crippen molar-refractivity contribution in [2.24, 2.45) is 0 Å². The molecule has 2 heteroatoms. The van der Waals surface area contributed by atoms with Crippen LogP contribution in [0.5, 0.6) is 0 Å². The summed E-state index contributed by atoms with van der Waals surface area (Å²) in [6.07, 6.45) is 10.1. The van der Waals surface area contributed by atoms with Crippen LogP contribution < -0.4 is 0 Å². The van der Waals surface area contributed by atoms with Gasteiger partial charge < -0.3 is 5.11 Å². The molecule has 0 rings (SSSR count). The molecule has 0 spiro atoms. The van der Waals surface area contributed by atoms with E-state index in [2.05, 4.69) is 22.9 Å². The number of halogens is 1. The van der Waals surface area contributed by atoms with Crippen molar-refractivity contribution in [2.75, 3.05) is 6.61 Å². The standard InChI is InChI=1S/C11H23BrO/c1-2-3-4-5-6-8-11(12)9-7-10-13/h11,13H,2-10H2,1H3. The lowest BCUT2D eigenvalue weighted by Crippen LogP contribution is -1.99. The van der Waals surface area contributed by atoms with Crippen LogP contribution in [0, 0.1) is 0 Å². The van der Waals surface area contributed by atoms with Crippen LogP contribution in [0.25, 0.3) is 0 Å². The average molecular weight is 251 g/mol. The minimum Gasteiger partial charge on any atom is -0.396 e. The van der Waals surface area contributed by atoms with Gasteiger partial charge >= 0.3 is 0 Å². The van der Waals surface area contributed by atoms with Crippen LogP contribution in [0.1, 0.15) is 58.3 Å². The Kier molecular flexibility index (Phi) is 10.9. The Bertz CT molecular complexity index is 96.1. The summed E-state index contributed by atoms with van der Waals surface area (Å²) in [6, 6.07) is 0. The van der Waals surface area contributed by atoms with Gasteiger partial charge in [0.1, 0.15) is 0 Å². The summed E-state index contributed by atoms with van der Waals surface area (Å²) in [7, 11) is 0. The molecule has 0 aliphatic carbocycles. The van der Waals surface area contributed by atoms with E-state index < -0.39 is 0 Å². The first-order valence-corrected chi connectivity index (χ1v) is 6.47. The maximum atomic E-state index is 8.64. The smallest absolute Gasteiger partial charge is 0.0431 e. The summed E-state index contributed by atoms with van der Waals surface area (Å²) in [5, 5.41) is 8.64. The van der Waals surface area contributed by atoms with Gasteiger partial charge in [-0.05, 0) is 19.3 Å². The molecule has 0 aliphatic heterocycles. The van der Waals surface area contributed by atoms with Gasteiger partial charge in [0.05, 0.1) is 0 Å². The number of hydrogen-bond donors (Lipinski definition) is 1. The summed E-state index contributed by atoms with van der Waals surface area (Å²) in [6.45, 7) is 2.58. The SMILES string of the molecule is CCCCCCCC(Br)CCCO. The number of aliphatic hydroxyl groups excluding tert-OH is 1. The highest BCUT2D eigenvalue weighted by Crippen LogP contribution is 2.16. The van der Waals surface area contributed by atoms with Crippen molar-refractivity contribution >= 4 is 15.9 Å². The second kappa shape index (κ2) is 10.5. The van der Waals surface area contributed by atoms with Crippen molar-refractivity contribution in [1.29, 1.82) is 0 Å². The molecule has 0 amide bonds. The van der Waals surface area contributed by atoms with Gasteiger partial charge in [-0.1, -0.05) is 55.0 Å². The second-order valence-electron chi connectivity index (χ2n) is 3.67. The van der Waals surface area contributed by atoms with Gasteiger partial charge in [-0.2, -0.15) is 0 Å². The van der Waals surface area contributed by atoms with Gasteiger partial charge in [-0.3, -0.25) is 0 Å². The first-order valence-electron chi connectivity index (χ1n) is 5.56. The maximum absolute atomic E-state index is 8.64. The highest BCUT2D eigenvalue weighted by Gasteiger charge is 2.02. The Labute approximate surface area is 91.1 Å². The molecule has 0 radical (unpaired) electrons. The number of hydrogen-bond acceptors (Lipinski definition) is 1. The molecule has 0 aromatic heterocycles. The zero-order chi connectivity index (χ0) is 9.94.